The predicted molar refractivity (Wildman–Crippen MR) is 87.8 cm³/mol. The van der Waals surface area contributed by atoms with Crippen LogP contribution in [0.5, 0.6) is 0 Å². The summed E-state index contributed by atoms with van der Waals surface area (Å²) >= 11 is 1.64. The quantitative estimate of drug-likeness (QED) is 0.921. The van der Waals surface area contributed by atoms with E-state index >= 15 is 0 Å². The van der Waals surface area contributed by atoms with Crippen molar-refractivity contribution >= 4 is 22.9 Å². The molecule has 0 radical (unpaired) electrons. The molecule has 1 atom stereocenters. The van der Waals surface area contributed by atoms with Crippen LogP contribution in [0.4, 0.5) is 5.69 Å². The minimum Gasteiger partial charge on any atom is -0.371 e. The van der Waals surface area contributed by atoms with E-state index in [2.05, 4.69) is 34.5 Å². The molecule has 2 heterocycles. The number of rotatable bonds is 5. The fourth-order valence-corrected chi connectivity index (χ4v) is 3.47. The highest BCUT2D eigenvalue weighted by atomic mass is 32.1. The summed E-state index contributed by atoms with van der Waals surface area (Å²) in [6.45, 7) is 2.90. The molecule has 1 fully saturated rings. The van der Waals surface area contributed by atoms with Gasteiger partial charge in [0.05, 0.1) is 6.42 Å². The average molecular weight is 300 g/mol. The number of nitrogens with one attached hydrogen (secondary N) is 1. The van der Waals surface area contributed by atoms with Gasteiger partial charge in [-0.05, 0) is 35.9 Å². The molecule has 1 aliphatic heterocycles. The van der Waals surface area contributed by atoms with Crippen LogP contribution in [-0.4, -0.2) is 25.5 Å². The number of anilines is 1. The number of amides is 1. The second-order valence-corrected chi connectivity index (χ2v) is 6.53. The predicted octanol–water partition coefficient (Wildman–Crippen LogP) is 2.93. The molecule has 3 nitrogen and oxygen atoms in total. The van der Waals surface area contributed by atoms with Gasteiger partial charge < -0.3 is 10.2 Å². The molecule has 21 heavy (non-hydrogen) atoms. The van der Waals surface area contributed by atoms with Crippen molar-refractivity contribution in [2.24, 2.45) is 5.92 Å². The van der Waals surface area contributed by atoms with Crippen molar-refractivity contribution in [3.8, 4) is 0 Å². The number of hydrogen-bond donors (Lipinski definition) is 1. The maximum absolute atomic E-state index is 11.9. The zero-order chi connectivity index (χ0) is 14.5. The summed E-state index contributed by atoms with van der Waals surface area (Å²) in [5.41, 5.74) is 1.28. The van der Waals surface area contributed by atoms with E-state index in [-0.39, 0.29) is 5.91 Å². The Labute approximate surface area is 129 Å². The van der Waals surface area contributed by atoms with Gasteiger partial charge in [0.2, 0.25) is 5.91 Å². The summed E-state index contributed by atoms with van der Waals surface area (Å²) in [7, 11) is 0. The van der Waals surface area contributed by atoms with Crippen molar-refractivity contribution in [3.05, 3.63) is 52.7 Å². The standard InChI is InChI=1S/C17H20N2OS/c20-17(11-16-7-4-10-21-16)18-12-14-8-9-19(13-14)15-5-2-1-3-6-15/h1-7,10,14H,8-9,11-13H2,(H,18,20)/t14-/m0/s1. The molecule has 2 aromatic rings. The van der Waals surface area contributed by atoms with E-state index in [1.54, 1.807) is 11.3 Å². The second-order valence-electron chi connectivity index (χ2n) is 5.50. The first-order valence-corrected chi connectivity index (χ1v) is 8.28. The molecule has 1 aromatic carbocycles. The minimum atomic E-state index is 0.135. The van der Waals surface area contributed by atoms with Gasteiger partial charge >= 0.3 is 0 Å². The minimum absolute atomic E-state index is 0.135. The Morgan fingerprint density at radius 1 is 1.24 bits per heavy atom. The number of hydrogen-bond acceptors (Lipinski definition) is 3. The molecule has 1 aromatic heterocycles. The molecule has 0 spiro atoms. The van der Waals surface area contributed by atoms with Crippen LogP contribution in [0.2, 0.25) is 0 Å². The van der Waals surface area contributed by atoms with E-state index in [4.69, 9.17) is 0 Å². The third-order valence-corrected chi connectivity index (χ3v) is 4.79. The van der Waals surface area contributed by atoms with Gasteiger partial charge in [0.1, 0.15) is 0 Å². The zero-order valence-corrected chi connectivity index (χ0v) is 12.8. The van der Waals surface area contributed by atoms with E-state index in [0.29, 0.717) is 12.3 Å². The van der Waals surface area contributed by atoms with Gasteiger partial charge in [-0.25, -0.2) is 0 Å². The van der Waals surface area contributed by atoms with Gasteiger partial charge in [0.25, 0.3) is 0 Å². The van der Waals surface area contributed by atoms with Gasteiger partial charge in [-0.2, -0.15) is 0 Å². The lowest BCUT2D eigenvalue weighted by Gasteiger charge is -2.18. The Kier molecular flexibility index (Phi) is 4.55. The Morgan fingerprint density at radius 3 is 2.86 bits per heavy atom. The Hall–Kier alpha value is -1.81. The van der Waals surface area contributed by atoms with Crippen molar-refractivity contribution in [3.63, 3.8) is 0 Å². The monoisotopic (exact) mass is 300 g/mol. The molecule has 1 aliphatic rings. The highest BCUT2D eigenvalue weighted by Crippen LogP contribution is 2.22. The number of nitrogens with zero attached hydrogens (tertiary/aromatic N) is 1. The second kappa shape index (κ2) is 6.76. The molecule has 1 saturated heterocycles. The lowest BCUT2D eigenvalue weighted by Crippen LogP contribution is -2.31. The summed E-state index contributed by atoms with van der Waals surface area (Å²) in [5, 5.41) is 5.09. The van der Waals surface area contributed by atoms with Crippen LogP contribution in [0.15, 0.2) is 47.8 Å². The molecule has 0 aliphatic carbocycles. The van der Waals surface area contributed by atoms with Crippen molar-refractivity contribution in [2.45, 2.75) is 12.8 Å². The maximum atomic E-state index is 11.9. The van der Waals surface area contributed by atoms with Gasteiger partial charge in [-0.1, -0.05) is 24.3 Å². The Bertz CT molecular complexity index is 568. The molecule has 0 bridgehead atoms. The molecule has 0 saturated carbocycles. The van der Waals surface area contributed by atoms with Crippen molar-refractivity contribution in [1.82, 2.24) is 5.32 Å². The van der Waals surface area contributed by atoms with Crippen LogP contribution < -0.4 is 10.2 Å². The summed E-state index contributed by atoms with van der Waals surface area (Å²) in [6.07, 6.45) is 1.65. The van der Waals surface area contributed by atoms with Gasteiger partial charge in [0.15, 0.2) is 0 Å². The van der Waals surface area contributed by atoms with Crippen LogP contribution in [0.1, 0.15) is 11.3 Å². The van der Waals surface area contributed by atoms with Crippen molar-refractivity contribution in [2.75, 3.05) is 24.5 Å². The smallest absolute Gasteiger partial charge is 0.225 e. The SMILES string of the molecule is O=C(Cc1cccs1)NC[C@@H]1CCN(c2ccccc2)C1. The third kappa shape index (κ3) is 3.85. The summed E-state index contributed by atoms with van der Waals surface area (Å²) in [5.74, 6) is 0.688. The average Bonchev–Trinajstić information content (AvgIpc) is 3.17. The van der Waals surface area contributed by atoms with Gasteiger partial charge in [-0.15, -0.1) is 11.3 Å². The van der Waals surface area contributed by atoms with Crippen LogP contribution in [-0.2, 0) is 11.2 Å². The highest BCUT2D eigenvalue weighted by Gasteiger charge is 2.22. The first-order chi connectivity index (χ1) is 10.3. The van der Waals surface area contributed by atoms with Crippen molar-refractivity contribution < 1.29 is 4.79 Å². The first-order valence-electron chi connectivity index (χ1n) is 7.40. The van der Waals surface area contributed by atoms with E-state index in [1.807, 2.05) is 23.6 Å². The summed E-state index contributed by atoms with van der Waals surface area (Å²) in [4.78, 5) is 15.4. The molecule has 0 unspecified atom stereocenters. The lowest BCUT2D eigenvalue weighted by atomic mass is 10.1. The normalized spacial score (nSPS) is 17.9. The molecule has 110 valence electrons. The molecule has 1 N–H and O–H groups in total. The molecule has 3 rings (SSSR count). The third-order valence-electron chi connectivity index (χ3n) is 3.91. The van der Waals surface area contributed by atoms with Gasteiger partial charge in [0, 0.05) is 30.2 Å². The van der Waals surface area contributed by atoms with Crippen molar-refractivity contribution in [1.29, 1.82) is 0 Å². The molecule has 1 amide bonds. The Morgan fingerprint density at radius 2 is 2.10 bits per heavy atom. The van der Waals surface area contributed by atoms with Crippen LogP contribution >= 0.6 is 11.3 Å². The van der Waals surface area contributed by atoms with Crippen LogP contribution in [0, 0.1) is 5.92 Å². The molecular formula is C17H20N2OS. The van der Waals surface area contributed by atoms with E-state index in [1.165, 1.54) is 5.69 Å². The van der Waals surface area contributed by atoms with E-state index in [9.17, 15) is 4.79 Å². The summed E-state index contributed by atoms with van der Waals surface area (Å²) in [6, 6.07) is 14.5. The maximum Gasteiger partial charge on any atom is 0.225 e. The number of benzene rings is 1. The van der Waals surface area contributed by atoms with E-state index in [0.717, 1.165) is 30.9 Å². The fraction of sp³-hybridized carbons (Fsp3) is 0.353. The topological polar surface area (TPSA) is 32.3 Å². The number of carbonyl (C=O) groups is 1. The number of thiophene rings is 1. The lowest BCUT2D eigenvalue weighted by molar-refractivity contribution is -0.120. The fourth-order valence-electron chi connectivity index (χ4n) is 2.76. The zero-order valence-electron chi connectivity index (χ0n) is 12.0. The van der Waals surface area contributed by atoms with Crippen LogP contribution in [0.3, 0.4) is 0 Å². The van der Waals surface area contributed by atoms with E-state index < -0.39 is 0 Å². The van der Waals surface area contributed by atoms with Gasteiger partial charge in [-0.3, -0.25) is 4.79 Å². The number of para-hydroxylation sites is 1. The Balaban J connectivity index is 1.44. The van der Waals surface area contributed by atoms with Crippen LogP contribution in [0.25, 0.3) is 0 Å². The largest absolute Gasteiger partial charge is 0.371 e. The highest BCUT2D eigenvalue weighted by molar-refractivity contribution is 7.10. The number of carbonyl (C=O) groups excluding carboxylic acids is 1. The first kappa shape index (κ1) is 14.1. The molecule has 4 heteroatoms. The summed E-state index contributed by atoms with van der Waals surface area (Å²) < 4.78 is 0. The molecular weight excluding hydrogens is 280 g/mol.